The Morgan fingerprint density at radius 2 is 1.77 bits per heavy atom. The molecule has 1 amide bonds. The van der Waals surface area contributed by atoms with E-state index in [9.17, 15) is 14.9 Å². The van der Waals surface area contributed by atoms with Crippen molar-refractivity contribution in [3.8, 4) is 0 Å². The van der Waals surface area contributed by atoms with E-state index in [1.54, 1.807) is 29.5 Å². The molecule has 0 unspecified atom stereocenters. The lowest BCUT2D eigenvalue weighted by atomic mass is 9.94. The van der Waals surface area contributed by atoms with Gasteiger partial charge in [0, 0.05) is 62.7 Å². The van der Waals surface area contributed by atoms with Gasteiger partial charge in [-0.25, -0.2) is 0 Å². The zero-order chi connectivity index (χ0) is 21.1. The van der Waals surface area contributed by atoms with Gasteiger partial charge >= 0.3 is 0 Å². The number of thiophene rings is 1. The fourth-order valence-corrected chi connectivity index (χ4v) is 5.82. The fraction of sp³-hybridized carbons (Fsp3) is 0.476. The first-order valence-corrected chi connectivity index (χ1v) is 11.9. The van der Waals surface area contributed by atoms with E-state index in [4.69, 9.17) is 0 Å². The summed E-state index contributed by atoms with van der Waals surface area (Å²) in [5, 5.41) is 11.3. The summed E-state index contributed by atoms with van der Waals surface area (Å²) < 4.78 is 1.15. The van der Waals surface area contributed by atoms with Crippen LogP contribution < -0.4 is 4.90 Å². The Balaban J connectivity index is 1.27. The number of rotatable bonds is 5. The van der Waals surface area contributed by atoms with Crippen LogP contribution in [0.3, 0.4) is 0 Å². The van der Waals surface area contributed by atoms with Crippen molar-refractivity contribution < 1.29 is 9.72 Å². The lowest BCUT2D eigenvalue weighted by molar-refractivity contribution is -0.384. The quantitative estimate of drug-likeness (QED) is 0.466. The second-order valence-corrected chi connectivity index (χ2v) is 10.4. The number of nitro benzene ring substituents is 1. The molecule has 0 spiro atoms. The van der Waals surface area contributed by atoms with Gasteiger partial charge in [0.1, 0.15) is 5.69 Å². The standard InChI is InChI=1S/C21H25BrN4O3S/c22-20-6-5-17(30-20)15-23-11-13-25(14-12-23)21(27)16-7-9-24(10-8-16)18-3-1-2-4-19(18)26(28)29/h1-6,16H,7-15H2. The number of benzene rings is 1. The number of carbonyl (C=O) groups is 1. The Bertz CT molecular complexity index is 905. The highest BCUT2D eigenvalue weighted by molar-refractivity contribution is 9.11. The van der Waals surface area contributed by atoms with Crippen LogP contribution in [0.5, 0.6) is 0 Å². The van der Waals surface area contributed by atoms with Crippen LogP contribution >= 0.6 is 27.3 Å². The number of anilines is 1. The molecule has 1 aromatic carbocycles. The predicted octanol–water partition coefficient (Wildman–Crippen LogP) is 3.98. The third kappa shape index (κ3) is 4.84. The molecule has 2 aliphatic heterocycles. The van der Waals surface area contributed by atoms with Gasteiger partial charge in [-0.15, -0.1) is 11.3 Å². The molecule has 160 valence electrons. The molecule has 0 saturated carbocycles. The molecule has 0 aliphatic carbocycles. The van der Waals surface area contributed by atoms with E-state index in [-0.39, 0.29) is 22.4 Å². The average Bonchev–Trinajstić information content (AvgIpc) is 3.18. The summed E-state index contributed by atoms with van der Waals surface area (Å²) in [5.74, 6) is 0.263. The summed E-state index contributed by atoms with van der Waals surface area (Å²) in [4.78, 5) is 31.8. The van der Waals surface area contributed by atoms with Crippen LogP contribution in [-0.2, 0) is 11.3 Å². The molecule has 0 N–H and O–H groups in total. The Morgan fingerprint density at radius 1 is 1.07 bits per heavy atom. The highest BCUT2D eigenvalue weighted by Crippen LogP contribution is 2.32. The molecule has 2 aromatic rings. The zero-order valence-electron chi connectivity index (χ0n) is 16.7. The lowest BCUT2D eigenvalue weighted by Crippen LogP contribution is -2.51. The first kappa shape index (κ1) is 21.3. The van der Waals surface area contributed by atoms with E-state index in [1.165, 1.54) is 4.88 Å². The normalized spacial score (nSPS) is 18.6. The highest BCUT2D eigenvalue weighted by atomic mass is 79.9. The molecule has 0 radical (unpaired) electrons. The summed E-state index contributed by atoms with van der Waals surface area (Å²) >= 11 is 5.27. The molecule has 0 bridgehead atoms. The topological polar surface area (TPSA) is 69.9 Å². The van der Waals surface area contributed by atoms with Crippen molar-refractivity contribution in [1.29, 1.82) is 0 Å². The molecule has 2 fully saturated rings. The molecular weight excluding hydrogens is 468 g/mol. The van der Waals surface area contributed by atoms with E-state index < -0.39 is 0 Å². The maximum absolute atomic E-state index is 13.0. The van der Waals surface area contributed by atoms with Gasteiger partial charge in [-0.3, -0.25) is 19.8 Å². The molecule has 2 aliphatic rings. The number of hydrogen-bond donors (Lipinski definition) is 0. The van der Waals surface area contributed by atoms with Gasteiger partial charge in [-0.1, -0.05) is 12.1 Å². The number of piperidine rings is 1. The van der Waals surface area contributed by atoms with Crippen molar-refractivity contribution in [3.05, 3.63) is 55.2 Å². The Labute approximate surface area is 188 Å². The second-order valence-electron chi connectivity index (χ2n) is 7.81. The van der Waals surface area contributed by atoms with E-state index >= 15 is 0 Å². The van der Waals surface area contributed by atoms with Crippen molar-refractivity contribution in [2.75, 3.05) is 44.2 Å². The summed E-state index contributed by atoms with van der Waals surface area (Å²) in [6.45, 7) is 5.63. The molecule has 7 nitrogen and oxygen atoms in total. The van der Waals surface area contributed by atoms with Crippen LogP contribution in [0, 0.1) is 16.0 Å². The number of carbonyl (C=O) groups excluding carboxylic acids is 1. The maximum Gasteiger partial charge on any atom is 0.292 e. The number of hydrogen-bond acceptors (Lipinski definition) is 6. The van der Waals surface area contributed by atoms with Gasteiger partial charge in [0.05, 0.1) is 8.71 Å². The van der Waals surface area contributed by atoms with Gasteiger partial charge in [0.15, 0.2) is 0 Å². The minimum atomic E-state index is -0.332. The largest absolute Gasteiger partial charge is 0.366 e. The number of nitrogens with zero attached hydrogens (tertiary/aromatic N) is 4. The van der Waals surface area contributed by atoms with Crippen molar-refractivity contribution in [2.24, 2.45) is 5.92 Å². The van der Waals surface area contributed by atoms with Crippen molar-refractivity contribution >= 4 is 44.5 Å². The SMILES string of the molecule is O=C(C1CCN(c2ccccc2[N+](=O)[O-])CC1)N1CCN(Cc2ccc(Br)s2)CC1. The Kier molecular flexibility index (Phi) is 6.70. The molecule has 0 atom stereocenters. The Morgan fingerprint density at radius 3 is 2.40 bits per heavy atom. The molecule has 9 heteroatoms. The summed E-state index contributed by atoms with van der Waals surface area (Å²) in [6.07, 6.45) is 1.49. The molecule has 1 aromatic heterocycles. The van der Waals surface area contributed by atoms with Crippen LogP contribution in [-0.4, -0.2) is 59.9 Å². The van der Waals surface area contributed by atoms with Crippen LogP contribution in [0.25, 0.3) is 0 Å². The molecule has 30 heavy (non-hydrogen) atoms. The second kappa shape index (κ2) is 9.45. The number of amides is 1. The third-order valence-corrected chi connectivity index (χ3v) is 7.56. The molecule has 3 heterocycles. The number of piperazine rings is 1. The zero-order valence-corrected chi connectivity index (χ0v) is 19.1. The van der Waals surface area contributed by atoms with E-state index in [2.05, 4.69) is 33.0 Å². The van der Waals surface area contributed by atoms with Crippen LogP contribution in [0.4, 0.5) is 11.4 Å². The monoisotopic (exact) mass is 492 g/mol. The molecule has 2 saturated heterocycles. The van der Waals surface area contributed by atoms with Crippen LogP contribution in [0.2, 0.25) is 0 Å². The van der Waals surface area contributed by atoms with Crippen molar-refractivity contribution in [1.82, 2.24) is 9.80 Å². The van der Waals surface area contributed by atoms with Crippen molar-refractivity contribution in [2.45, 2.75) is 19.4 Å². The highest BCUT2D eigenvalue weighted by Gasteiger charge is 2.32. The lowest BCUT2D eigenvalue weighted by Gasteiger charge is -2.38. The first-order chi connectivity index (χ1) is 14.5. The predicted molar refractivity (Wildman–Crippen MR) is 122 cm³/mol. The van der Waals surface area contributed by atoms with Gasteiger partial charge in [-0.05, 0) is 47.0 Å². The van der Waals surface area contributed by atoms with Gasteiger partial charge < -0.3 is 9.80 Å². The average molecular weight is 493 g/mol. The van der Waals surface area contributed by atoms with Gasteiger partial charge in [-0.2, -0.15) is 0 Å². The fourth-order valence-electron chi connectivity index (χ4n) is 4.29. The number of halogens is 1. The van der Waals surface area contributed by atoms with Crippen LogP contribution in [0.15, 0.2) is 40.2 Å². The smallest absolute Gasteiger partial charge is 0.292 e. The van der Waals surface area contributed by atoms with E-state index in [1.807, 2.05) is 15.9 Å². The maximum atomic E-state index is 13.0. The van der Waals surface area contributed by atoms with Crippen molar-refractivity contribution in [3.63, 3.8) is 0 Å². The van der Waals surface area contributed by atoms with Gasteiger partial charge in [0.25, 0.3) is 5.69 Å². The molecular formula is C21H25BrN4O3S. The van der Waals surface area contributed by atoms with E-state index in [0.29, 0.717) is 18.8 Å². The number of nitro groups is 1. The Hall–Kier alpha value is -1.97. The van der Waals surface area contributed by atoms with E-state index in [0.717, 1.165) is 49.4 Å². The summed E-state index contributed by atoms with van der Waals surface area (Å²) in [5.41, 5.74) is 0.790. The summed E-state index contributed by atoms with van der Waals surface area (Å²) in [7, 11) is 0. The summed E-state index contributed by atoms with van der Waals surface area (Å²) in [6, 6.07) is 11.1. The minimum Gasteiger partial charge on any atom is -0.366 e. The minimum absolute atomic E-state index is 0.0174. The van der Waals surface area contributed by atoms with Crippen LogP contribution in [0.1, 0.15) is 17.7 Å². The van der Waals surface area contributed by atoms with Gasteiger partial charge in [0.2, 0.25) is 5.91 Å². The number of para-hydroxylation sites is 2. The first-order valence-electron chi connectivity index (χ1n) is 10.2. The third-order valence-electron chi connectivity index (χ3n) is 5.96. The molecule has 4 rings (SSSR count).